The normalized spacial score (nSPS) is 19.0. The van der Waals surface area contributed by atoms with Crippen LogP contribution in [0.2, 0.25) is 0 Å². The number of carboxylic acids is 1. The number of carbonyl (C=O) groups excluding carboxylic acids is 1. The molecule has 2 aromatic rings. The van der Waals surface area contributed by atoms with E-state index in [0.29, 0.717) is 16.5 Å². The zero-order valence-corrected chi connectivity index (χ0v) is 18.8. The van der Waals surface area contributed by atoms with Crippen molar-refractivity contribution in [3.63, 3.8) is 0 Å². The van der Waals surface area contributed by atoms with E-state index in [0.717, 1.165) is 67.3 Å². The molecule has 1 amide bonds. The molecule has 1 atom stereocenters. The predicted octanol–water partition coefficient (Wildman–Crippen LogP) is 3.34. The molecule has 0 radical (unpaired) electrons. The molecular formula is C23H29N3O4S. The van der Waals surface area contributed by atoms with Crippen LogP contribution in [0.25, 0.3) is 0 Å². The minimum Gasteiger partial charge on any atom is -0.495 e. The molecule has 2 N–H and O–H groups in total. The van der Waals surface area contributed by atoms with Crippen LogP contribution in [0.5, 0.6) is 5.75 Å². The largest absolute Gasteiger partial charge is 0.495 e. The maximum absolute atomic E-state index is 12.7. The van der Waals surface area contributed by atoms with E-state index in [2.05, 4.69) is 22.0 Å². The molecule has 1 aromatic heterocycles. The Morgan fingerprint density at radius 2 is 1.97 bits per heavy atom. The Morgan fingerprint density at radius 1 is 1.23 bits per heavy atom. The van der Waals surface area contributed by atoms with Crippen LogP contribution in [-0.2, 0) is 17.6 Å². The van der Waals surface area contributed by atoms with Gasteiger partial charge >= 0.3 is 5.97 Å². The van der Waals surface area contributed by atoms with Crippen LogP contribution < -0.4 is 15.0 Å². The predicted molar refractivity (Wildman–Crippen MR) is 123 cm³/mol. The van der Waals surface area contributed by atoms with Crippen molar-refractivity contribution in [1.82, 2.24) is 4.90 Å². The Bertz CT molecular complexity index is 966. The summed E-state index contributed by atoms with van der Waals surface area (Å²) in [6.07, 6.45) is 2.66. The Kier molecular flexibility index (Phi) is 6.48. The summed E-state index contributed by atoms with van der Waals surface area (Å²) in [4.78, 5) is 30.1. The maximum atomic E-state index is 12.7. The van der Waals surface area contributed by atoms with Crippen LogP contribution in [-0.4, -0.2) is 61.7 Å². The van der Waals surface area contributed by atoms with Gasteiger partial charge in [0, 0.05) is 31.1 Å². The molecular weight excluding hydrogens is 414 g/mol. The molecule has 0 spiro atoms. The van der Waals surface area contributed by atoms with Gasteiger partial charge in [-0.1, -0.05) is 19.1 Å². The first-order chi connectivity index (χ1) is 15.0. The van der Waals surface area contributed by atoms with Crippen molar-refractivity contribution in [1.29, 1.82) is 0 Å². The van der Waals surface area contributed by atoms with Crippen molar-refractivity contribution in [3.05, 3.63) is 40.3 Å². The number of carbonyl (C=O) groups is 2. The summed E-state index contributed by atoms with van der Waals surface area (Å²) >= 11 is 1.43. The van der Waals surface area contributed by atoms with Gasteiger partial charge in [0.2, 0.25) is 5.91 Å². The minimum atomic E-state index is -0.951. The Labute approximate surface area is 186 Å². The topological polar surface area (TPSA) is 82.1 Å². The van der Waals surface area contributed by atoms with E-state index in [9.17, 15) is 14.7 Å². The second-order valence-corrected chi connectivity index (χ2v) is 9.45. The number of ether oxygens (including phenoxy) is 1. The average Bonchev–Trinajstić information content (AvgIpc) is 3.11. The fourth-order valence-electron chi connectivity index (χ4n) is 4.47. The number of nitrogens with zero attached hydrogens (tertiary/aromatic N) is 2. The molecule has 0 bridgehead atoms. The highest BCUT2D eigenvalue weighted by Gasteiger charge is 2.29. The van der Waals surface area contributed by atoms with Gasteiger partial charge in [-0.3, -0.25) is 9.69 Å². The summed E-state index contributed by atoms with van der Waals surface area (Å²) in [6.45, 7) is 5.58. The van der Waals surface area contributed by atoms with Gasteiger partial charge in [0.25, 0.3) is 0 Å². The fourth-order valence-corrected chi connectivity index (χ4v) is 5.89. The number of nitrogens with one attached hydrogen (secondary N) is 1. The molecule has 2 aliphatic rings. The number of para-hydroxylation sites is 2. The Hall–Kier alpha value is -2.58. The summed E-state index contributed by atoms with van der Waals surface area (Å²) < 4.78 is 5.46. The second-order valence-electron chi connectivity index (χ2n) is 8.34. The van der Waals surface area contributed by atoms with Crippen molar-refractivity contribution >= 4 is 33.9 Å². The van der Waals surface area contributed by atoms with Gasteiger partial charge in [-0.05, 0) is 42.9 Å². The summed E-state index contributed by atoms with van der Waals surface area (Å²) in [5.41, 5.74) is 2.27. The molecule has 2 heterocycles. The molecule has 0 saturated carbocycles. The fraction of sp³-hybridized carbons (Fsp3) is 0.478. The molecule has 8 heteroatoms. The number of hydrogen-bond acceptors (Lipinski definition) is 6. The number of carboxylic acid groups (broad SMARTS) is 1. The monoisotopic (exact) mass is 443 g/mol. The lowest BCUT2D eigenvalue weighted by Crippen LogP contribution is -2.48. The lowest BCUT2D eigenvalue weighted by Gasteiger charge is -2.36. The molecule has 1 aliphatic carbocycles. The van der Waals surface area contributed by atoms with Gasteiger partial charge in [0.15, 0.2) is 0 Å². The van der Waals surface area contributed by atoms with Gasteiger partial charge in [-0.25, -0.2) is 4.79 Å². The zero-order chi connectivity index (χ0) is 22.0. The number of hydrogen-bond donors (Lipinski definition) is 2. The van der Waals surface area contributed by atoms with Gasteiger partial charge in [0.1, 0.15) is 10.8 Å². The van der Waals surface area contributed by atoms with Gasteiger partial charge in [-0.15, -0.1) is 11.3 Å². The first kappa shape index (κ1) is 21.6. The molecule has 31 heavy (non-hydrogen) atoms. The van der Waals surface area contributed by atoms with Crippen LogP contribution >= 0.6 is 11.3 Å². The van der Waals surface area contributed by atoms with E-state index in [-0.39, 0.29) is 12.5 Å². The van der Waals surface area contributed by atoms with Crippen molar-refractivity contribution < 1.29 is 19.4 Å². The molecule has 0 unspecified atom stereocenters. The number of amides is 1. The van der Waals surface area contributed by atoms with Crippen LogP contribution in [0.1, 0.15) is 34.1 Å². The van der Waals surface area contributed by atoms with E-state index in [4.69, 9.17) is 4.74 Å². The van der Waals surface area contributed by atoms with Crippen molar-refractivity contribution in [2.45, 2.75) is 26.2 Å². The van der Waals surface area contributed by atoms with E-state index < -0.39 is 5.97 Å². The highest BCUT2D eigenvalue weighted by molar-refractivity contribution is 7.17. The SMILES string of the molecule is COc1ccccc1N1CCN(CC(=O)Nc2sc3c(c2C(=O)O)CC[C@@H](C)C3)CC1. The van der Waals surface area contributed by atoms with Crippen molar-refractivity contribution in [2.75, 3.05) is 50.1 Å². The molecule has 166 valence electrons. The van der Waals surface area contributed by atoms with E-state index in [1.807, 2.05) is 24.3 Å². The number of benzene rings is 1. The molecule has 4 rings (SSSR count). The molecule has 1 aliphatic heterocycles. The van der Waals surface area contributed by atoms with Crippen LogP contribution in [0.15, 0.2) is 24.3 Å². The van der Waals surface area contributed by atoms with E-state index >= 15 is 0 Å². The average molecular weight is 444 g/mol. The van der Waals surface area contributed by atoms with Gasteiger partial charge in [-0.2, -0.15) is 0 Å². The number of methoxy groups -OCH3 is 1. The number of fused-ring (bicyclic) bond motifs is 1. The summed E-state index contributed by atoms with van der Waals surface area (Å²) in [7, 11) is 1.67. The number of piperazine rings is 1. The van der Waals surface area contributed by atoms with Crippen LogP contribution in [0.3, 0.4) is 0 Å². The Morgan fingerprint density at radius 3 is 2.68 bits per heavy atom. The second kappa shape index (κ2) is 9.28. The lowest BCUT2D eigenvalue weighted by atomic mass is 9.88. The maximum Gasteiger partial charge on any atom is 0.339 e. The molecule has 1 fully saturated rings. The van der Waals surface area contributed by atoms with Crippen LogP contribution in [0.4, 0.5) is 10.7 Å². The highest BCUT2D eigenvalue weighted by atomic mass is 32.1. The zero-order valence-electron chi connectivity index (χ0n) is 18.0. The summed E-state index contributed by atoms with van der Waals surface area (Å²) in [5, 5.41) is 13.1. The third kappa shape index (κ3) is 4.70. The summed E-state index contributed by atoms with van der Waals surface area (Å²) in [5.74, 6) is 0.300. The van der Waals surface area contributed by atoms with Gasteiger partial charge < -0.3 is 20.1 Å². The minimum absolute atomic E-state index is 0.153. The third-order valence-corrected chi connectivity index (χ3v) is 7.31. The number of thiophene rings is 1. The third-order valence-electron chi connectivity index (χ3n) is 6.14. The quantitative estimate of drug-likeness (QED) is 0.713. The van der Waals surface area contributed by atoms with Crippen molar-refractivity contribution in [2.24, 2.45) is 5.92 Å². The van der Waals surface area contributed by atoms with E-state index in [1.165, 1.54) is 11.3 Å². The molecule has 1 saturated heterocycles. The molecule has 1 aromatic carbocycles. The first-order valence-corrected chi connectivity index (χ1v) is 11.6. The first-order valence-electron chi connectivity index (χ1n) is 10.7. The van der Waals surface area contributed by atoms with Crippen molar-refractivity contribution in [3.8, 4) is 5.75 Å². The Balaban J connectivity index is 1.37. The van der Waals surface area contributed by atoms with Gasteiger partial charge in [0.05, 0.1) is 24.9 Å². The van der Waals surface area contributed by atoms with Crippen LogP contribution in [0, 0.1) is 5.92 Å². The standard InChI is InChI=1S/C23H29N3O4S/c1-15-7-8-16-19(13-15)31-22(21(16)23(28)29)24-20(27)14-25-9-11-26(12-10-25)17-5-3-4-6-18(17)30-2/h3-6,15H,7-14H2,1-2H3,(H,24,27)(H,28,29)/t15-/m1/s1. The molecule has 7 nitrogen and oxygen atoms in total. The highest BCUT2D eigenvalue weighted by Crippen LogP contribution is 2.39. The van der Waals surface area contributed by atoms with E-state index in [1.54, 1.807) is 7.11 Å². The lowest BCUT2D eigenvalue weighted by molar-refractivity contribution is -0.117. The smallest absolute Gasteiger partial charge is 0.339 e. The number of anilines is 2. The number of aromatic carboxylic acids is 1. The summed E-state index contributed by atoms with van der Waals surface area (Å²) in [6, 6.07) is 7.96. The number of rotatable bonds is 6.